The molecule has 1 aliphatic heterocycles. The molecule has 1 atom stereocenters. The van der Waals surface area contributed by atoms with Gasteiger partial charge in [0, 0.05) is 18.5 Å². The van der Waals surface area contributed by atoms with Crippen LogP contribution in [-0.4, -0.2) is 39.4 Å². The first-order chi connectivity index (χ1) is 14.4. The van der Waals surface area contributed by atoms with Crippen molar-refractivity contribution in [3.8, 4) is 5.69 Å². The Hall–Kier alpha value is -3.52. The first-order valence-corrected chi connectivity index (χ1v) is 9.57. The van der Waals surface area contributed by atoms with Crippen LogP contribution in [0.1, 0.15) is 18.2 Å². The number of rotatable bonds is 4. The maximum absolute atomic E-state index is 12.4. The molecule has 0 aliphatic carbocycles. The number of nitrogens with zero attached hydrogens (tertiary/aromatic N) is 3. The molecule has 0 saturated heterocycles. The fraction of sp³-hybridized carbons (Fsp3) is 0.227. The Labute approximate surface area is 173 Å². The number of anilines is 1. The van der Waals surface area contributed by atoms with Crippen LogP contribution in [0.15, 0.2) is 60.7 Å². The second-order valence-corrected chi connectivity index (χ2v) is 6.76. The molecule has 7 nitrogen and oxygen atoms in total. The quantitative estimate of drug-likeness (QED) is 0.688. The number of fused-ring (bicyclic) bond motifs is 1. The van der Waals surface area contributed by atoms with Gasteiger partial charge in [0.05, 0.1) is 23.8 Å². The number of hydrogen-bond acceptors (Lipinski definition) is 4. The number of para-hydroxylation sites is 1. The highest BCUT2D eigenvalue weighted by molar-refractivity contribution is 6.00. The number of likely N-dealkylation sites (N-methyl/N-ethyl adjacent to an activating group) is 1. The molecule has 1 unspecified atom stereocenters. The minimum atomic E-state index is -0.959. The number of halogens is 1. The molecule has 2 heterocycles. The molecule has 0 bridgehead atoms. The van der Waals surface area contributed by atoms with E-state index in [1.54, 1.807) is 27.8 Å². The topological polar surface area (TPSA) is 101 Å². The summed E-state index contributed by atoms with van der Waals surface area (Å²) in [5, 5.41) is 13.6. The number of amides is 1. The largest absolute Gasteiger partial charge is 0.481 e. The van der Waals surface area contributed by atoms with Gasteiger partial charge in [-0.15, -0.1) is 0 Å². The SMILES string of the molecule is CCN1C(=O)C(N)Cc2c(CC(=O)O)nn(-c3ccccc3)c21.Fc1ccccc1. The number of carbonyl (C=O) groups excluding carboxylic acids is 1. The van der Waals surface area contributed by atoms with Gasteiger partial charge in [0.1, 0.15) is 11.6 Å². The molecule has 3 N–H and O–H groups in total. The standard InChI is InChI=1S/C16H18N4O3.C6H5F/c1-2-19-15-11(8-12(17)16(19)23)13(9-14(21)22)18-20(15)10-6-4-3-5-7-10;7-6-4-2-1-3-5-6/h3-7,12H,2,8-9,17H2,1H3,(H,21,22);1-5H. The van der Waals surface area contributed by atoms with Crippen LogP contribution in [0.4, 0.5) is 10.2 Å². The molecule has 0 saturated carbocycles. The van der Waals surface area contributed by atoms with E-state index in [0.717, 1.165) is 11.3 Å². The van der Waals surface area contributed by atoms with Gasteiger partial charge in [0.25, 0.3) is 0 Å². The van der Waals surface area contributed by atoms with Crippen LogP contribution >= 0.6 is 0 Å². The maximum Gasteiger partial charge on any atom is 0.309 e. The summed E-state index contributed by atoms with van der Waals surface area (Å²) in [5.74, 6) is -0.679. The van der Waals surface area contributed by atoms with Crippen LogP contribution in [0, 0.1) is 5.82 Å². The normalized spacial score (nSPS) is 15.2. The molecule has 0 spiro atoms. The van der Waals surface area contributed by atoms with Gasteiger partial charge in [0.15, 0.2) is 0 Å². The van der Waals surface area contributed by atoms with E-state index < -0.39 is 12.0 Å². The van der Waals surface area contributed by atoms with E-state index in [2.05, 4.69) is 5.10 Å². The fourth-order valence-electron chi connectivity index (χ4n) is 3.34. The number of carbonyl (C=O) groups is 2. The molecule has 30 heavy (non-hydrogen) atoms. The van der Waals surface area contributed by atoms with E-state index >= 15 is 0 Å². The van der Waals surface area contributed by atoms with Crippen molar-refractivity contribution < 1.29 is 19.1 Å². The van der Waals surface area contributed by atoms with E-state index in [1.807, 2.05) is 37.3 Å². The van der Waals surface area contributed by atoms with Crippen molar-refractivity contribution in [2.24, 2.45) is 5.73 Å². The average Bonchev–Trinajstić information content (AvgIpc) is 3.08. The van der Waals surface area contributed by atoms with Gasteiger partial charge in [0.2, 0.25) is 5.91 Å². The Kier molecular flexibility index (Phi) is 6.58. The minimum Gasteiger partial charge on any atom is -0.481 e. The molecule has 1 amide bonds. The van der Waals surface area contributed by atoms with Crippen molar-refractivity contribution in [2.45, 2.75) is 25.8 Å². The number of nitrogens with two attached hydrogens (primary N) is 1. The van der Waals surface area contributed by atoms with Gasteiger partial charge < -0.3 is 10.8 Å². The number of benzene rings is 2. The van der Waals surface area contributed by atoms with Gasteiger partial charge in [-0.1, -0.05) is 36.4 Å². The third-order valence-electron chi connectivity index (χ3n) is 4.67. The highest BCUT2D eigenvalue weighted by Gasteiger charge is 2.36. The minimum absolute atomic E-state index is 0.168. The van der Waals surface area contributed by atoms with E-state index in [-0.39, 0.29) is 18.1 Å². The number of aliphatic carboxylic acids is 1. The van der Waals surface area contributed by atoms with Crippen molar-refractivity contribution in [2.75, 3.05) is 11.4 Å². The zero-order chi connectivity index (χ0) is 21.7. The fourth-order valence-corrected chi connectivity index (χ4v) is 3.34. The van der Waals surface area contributed by atoms with Gasteiger partial charge in [-0.25, -0.2) is 9.07 Å². The summed E-state index contributed by atoms with van der Waals surface area (Å²) in [6.07, 6.45) is 0.112. The summed E-state index contributed by atoms with van der Waals surface area (Å²) in [5.41, 5.74) is 7.91. The predicted molar refractivity (Wildman–Crippen MR) is 111 cm³/mol. The van der Waals surface area contributed by atoms with E-state index in [0.29, 0.717) is 24.5 Å². The zero-order valence-electron chi connectivity index (χ0n) is 16.5. The zero-order valence-corrected chi connectivity index (χ0v) is 16.5. The van der Waals surface area contributed by atoms with E-state index in [4.69, 9.17) is 10.8 Å². The van der Waals surface area contributed by atoms with Crippen LogP contribution in [0.5, 0.6) is 0 Å². The summed E-state index contributed by atoms with van der Waals surface area (Å²) in [6, 6.07) is 16.6. The van der Waals surface area contributed by atoms with Crippen LogP contribution in [0.2, 0.25) is 0 Å². The molecule has 2 aromatic carbocycles. The first kappa shape index (κ1) is 21.2. The van der Waals surface area contributed by atoms with Crippen molar-refractivity contribution in [3.05, 3.63) is 77.7 Å². The summed E-state index contributed by atoms with van der Waals surface area (Å²) in [6.45, 7) is 2.31. The lowest BCUT2D eigenvalue weighted by atomic mass is 9.99. The molecular formula is C22H23FN4O3. The predicted octanol–water partition coefficient (Wildman–Crippen LogP) is 2.56. The summed E-state index contributed by atoms with van der Waals surface area (Å²) >= 11 is 0. The third kappa shape index (κ3) is 4.55. The van der Waals surface area contributed by atoms with E-state index in [1.165, 1.54) is 12.1 Å². The highest BCUT2D eigenvalue weighted by atomic mass is 19.1. The van der Waals surface area contributed by atoms with Crippen LogP contribution in [-0.2, 0) is 22.4 Å². The Morgan fingerprint density at radius 3 is 2.27 bits per heavy atom. The molecule has 156 valence electrons. The summed E-state index contributed by atoms with van der Waals surface area (Å²) in [7, 11) is 0. The van der Waals surface area contributed by atoms with Crippen LogP contribution in [0.25, 0.3) is 5.69 Å². The van der Waals surface area contributed by atoms with Gasteiger partial charge in [-0.3, -0.25) is 14.5 Å². The smallest absolute Gasteiger partial charge is 0.309 e. The Bertz CT molecular complexity index is 1020. The molecule has 1 aliphatic rings. The van der Waals surface area contributed by atoms with Crippen molar-refractivity contribution >= 4 is 17.7 Å². The third-order valence-corrected chi connectivity index (χ3v) is 4.67. The molecule has 0 fully saturated rings. The lowest BCUT2D eigenvalue weighted by Gasteiger charge is -2.30. The number of hydrogen-bond donors (Lipinski definition) is 2. The lowest BCUT2D eigenvalue weighted by Crippen LogP contribution is -2.49. The van der Waals surface area contributed by atoms with Gasteiger partial charge in [-0.2, -0.15) is 5.10 Å². The molecule has 1 aromatic heterocycles. The van der Waals surface area contributed by atoms with Gasteiger partial charge >= 0.3 is 5.97 Å². The summed E-state index contributed by atoms with van der Waals surface area (Å²) in [4.78, 5) is 25.1. The Morgan fingerprint density at radius 2 is 1.77 bits per heavy atom. The summed E-state index contributed by atoms with van der Waals surface area (Å²) < 4.78 is 13.5. The van der Waals surface area contributed by atoms with Crippen LogP contribution in [0.3, 0.4) is 0 Å². The second-order valence-electron chi connectivity index (χ2n) is 6.76. The first-order valence-electron chi connectivity index (χ1n) is 9.57. The highest BCUT2D eigenvalue weighted by Crippen LogP contribution is 2.32. The molecule has 4 rings (SSSR count). The van der Waals surface area contributed by atoms with E-state index in [9.17, 15) is 14.0 Å². The number of carboxylic acid groups (broad SMARTS) is 1. The Balaban J connectivity index is 0.000000310. The van der Waals surface area contributed by atoms with Gasteiger partial charge in [-0.05, 0) is 31.2 Å². The van der Waals surface area contributed by atoms with Crippen molar-refractivity contribution in [3.63, 3.8) is 0 Å². The van der Waals surface area contributed by atoms with Crippen LogP contribution < -0.4 is 10.6 Å². The molecule has 0 radical (unpaired) electrons. The second kappa shape index (κ2) is 9.32. The number of aromatic nitrogens is 2. The molecule has 3 aromatic rings. The van der Waals surface area contributed by atoms with Crippen molar-refractivity contribution in [1.82, 2.24) is 9.78 Å². The number of carboxylic acids is 1. The maximum atomic E-state index is 12.4. The molecular weight excluding hydrogens is 387 g/mol. The average molecular weight is 410 g/mol. The lowest BCUT2D eigenvalue weighted by molar-refractivity contribution is -0.136. The van der Waals surface area contributed by atoms with Crippen molar-refractivity contribution in [1.29, 1.82) is 0 Å². The molecule has 8 heteroatoms. The monoisotopic (exact) mass is 410 g/mol. The Morgan fingerprint density at radius 1 is 1.17 bits per heavy atom.